The van der Waals surface area contributed by atoms with Crippen LogP contribution >= 0.6 is 11.9 Å². The van der Waals surface area contributed by atoms with Crippen LogP contribution in [0.4, 0.5) is 10.5 Å². The van der Waals surface area contributed by atoms with Crippen molar-refractivity contribution in [1.82, 2.24) is 19.7 Å². The molecule has 1 fully saturated rings. The standard InChI is InChI=1S/C23H24N6O2S/c24-21(12-17-14-31-11-10-25-17)32-28-23(30)27-22-19-3-1-2-15(19)5-7-20(22)16-4-6-18-8-9-26-29(18)13-16/h4-9,12-13,24-25H,1-3,10-11,14H2,(H2,27,28,30)/b17-12-,24-21?. The Hall–Kier alpha value is -3.30. The second-order valence-electron chi connectivity index (χ2n) is 7.77. The molecule has 9 heteroatoms. The second kappa shape index (κ2) is 9.05. The number of carbonyl (C=O) groups is 1. The molecule has 0 radical (unpaired) electrons. The van der Waals surface area contributed by atoms with Crippen molar-refractivity contribution in [2.45, 2.75) is 19.3 Å². The number of aryl methyl sites for hydroxylation is 1. The zero-order valence-corrected chi connectivity index (χ0v) is 18.3. The van der Waals surface area contributed by atoms with E-state index in [1.54, 1.807) is 12.3 Å². The molecule has 32 heavy (non-hydrogen) atoms. The number of anilines is 1. The lowest BCUT2D eigenvalue weighted by Gasteiger charge is -2.18. The normalized spacial score (nSPS) is 16.6. The smallest absolute Gasteiger partial charge is 0.329 e. The van der Waals surface area contributed by atoms with Crippen LogP contribution in [0.1, 0.15) is 17.5 Å². The fraction of sp³-hybridized carbons (Fsp3) is 0.261. The first-order chi connectivity index (χ1) is 15.7. The Morgan fingerprint density at radius 2 is 2.19 bits per heavy atom. The number of amides is 2. The average Bonchev–Trinajstić information content (AvgIpc) is 3.47. The summed E-state index contributed by atoms with van der Waals surface area (Å²) in [6, 6.07) is 9.89. The van der Waals surface area contributed by atoms with Crippen LogP contribution in [0, 0.1) is 5.41 Å². The minimum atomic E-state index is -0.354. The minimum absolute atomic E-state index is 0.232. The highest BCUT2D eigenvalue weighted by molar-refractivity contribution is 8.13. The van der Waals surface area contributed by atoms with E-state index < -0.39 is 0 Å². The van der Waals surface area contributed by atoms with Crippen molar-refractivity contribution in [3.8, 4) is 11.1 Å². The molecule has 164 valence electrons. The number of pyridine rings is 1. The molecule has 2 aromatic heterocycles. The predicted octanol–water partition coefficient (Wildman–Crippen LogP) is 3.74. The van der Waals surface area contributed by atoms with Crippen LogP contribution in [0.2, 0.25) is 0 Å². The Labute approximate surface area is 190 Å². The van der Waals surface area contributed by atoms with Crippen molar-refractivity contribution in [2.24, 2.45) is 0 Å². The summed E-state index contributed by atoms with van der Waals surface area (Å²) in [6.07, 6.45) is 8.45. The lowest BCUT2D eigenvalue weighted by atomic mass is 9.98. The summed E-state index contributed by atoms with van der Waals surface area (Å²) in [7, 11) is 0. The van der Waals surface area contributed by atoms with Crippen LogP contribution < -0.4 is 15.4 Å². The number of urea groups is 1. The summed E-state index contributed by atoms with van der Waals surface area (Å²) in [5, 5.41) is 18.9. The SMILES string of the molecule is N=C(/C=C1/COCCN1)SNC(=O)Nc1c(-c2ccc3ccnn3c2)ccc2c1CCC2. The van der Waals surface area contributed by atoms with Crippen molar-refractivity contribution < 1.29 is 9.53 Å². The molecule has 0 atom stereocenters. The number of hydrogen-bond acceptors (Lipinski definition) is 6. The van der Waals surface area contributed by atoms with Gasteiger partial charge in [-0.25, -0.2) is 9.31 Å². The molecular weight excluding hydrogens is 424 g/mol. The first-order valence-corrected chi connectivity index (χ1v) is 11.4. The fourth-order valence-electron chi connectivity index (χ4n) is 4.16. The first-order valence-electron chi connectivity index (χ1n) is 10.6. The highest BCUT2D eigenvalue weighted by Gasteiger charge is 2.21. The number of ether oxygens (including phenoxy) is 1. The van der Waals surface area contributed by atoms with E-state index >= 15 is 0 Å². The number of aromatic nitrogens is 2. The molecule has 1 aliphatic heterocycles. The second-order valence-corrected chi connectivity index (χ2v) is 8.62. The molecule has 2 aliphatic rings. The van der Waals surface area contributed by atoms with Crippen LogP contribution in [0.25, 0.3) is 16.6 Å². The van der Waals surface area contributed by atoms with Gasteiger partial charge in [0.15, 0.2) is 0 Å². The first kappa shape index (κ1) is 20.6. The van der Waals surface area contributed by atoms with Gasteiger partial charge in [0, 0.05) is 47.7 Å². The molecule has 5 rings (SSSR count). The number of morpholine rings is 1. The third-order valence-corrected chi connectivity index (χ3v) is 6.27. The Balaban J connectivity index is 1.35. The number of rotatable bonds is 3. The molecule has 3 aromatic rings. The predicted molar refractivity (Wildman–Crippen MR) is 127 cm³/mol. The summed E-state index contributed by atoms with van der Waals surface area (Å²) >= 11 is 0.971. The van der Waals surface area contributed by atoms with Gasteiger partial charge in [-0.05, 0) is 48.6 Å². The van der Waals surface area contributed by atoms with Crippen molar-refractivity contribution >= 4 is 34.2 Å². The van der Waals surface area contributed by atoms with Gasteiger partial charge >= 0.3 is 6.03 Å². The van der Waals surface area contributed by atoms with Gasteiger partial charge < -0.3 is 15.4 Å². The summed E-state index contributed by atoms with van der Waals surface area (Å²) < 4.78 is 9.93. The van der Waals surface area contributed by atoms with Crippen LogP contribution in [-0.2, 0) is 17.6 Å². The molecular formula is C23H24N6O2S. The Bertz CT molecular complexity index is 1210. The maximum absolute atomic E-state index is 12.7. The zero-order chi connectivity index (χ0) is 21.9. The zero-order valence-electron chi connectivity index (χ0n) is 17.5. The molecule has 4 N–H and O–H groups in total. The lowest BCUT2D eigenvalue weighted by molar-refractivity contribution is 0.132. The number of nitrogens with zero attached hydrogens (tertiary/aromatic N) is 2. The summed E-state index contributed by atoms with van der Waals surface area (Å²) in [5.41, 5.74) is 7.10. The van der Waals surface area contributed by atoms with Gasteiger partial charge in [0.25, 0.3) is 0 Å². The van der Waals surface area contributed by atoms with E-state index in [9.17, 15) is 4.79 Å². The number of hydrogen-bond donors (Lipinski definition) is 4. The van der Waals surface area contributed by atoms with Crippen molar-refractivity contribution in [3.05, 3.63) is 65.6 Å². The molecule has 0 spiro atoms. The Morgan fingerprint density at radius 3 is 3.06 bits per heavy atom. The minimum Gasteiger partial charge on any atom is -0.384 e. The topological polar surface area (TPSA) is 104 Å². The quantitative estimate of drug-likeness (QED) is 0.278. The van der Waals surface area contributed by atoms with Gasteiger partial charge in [0.05, 0.1) is 24.4 Å². The van der Waals surface area contributed by atoms with Crippen LogP contribution in [0.5, 0.6) is 0 Å². The van der Waals surface area contributed by atoms with E-state index in [-0.39, 0.29) is 11.1 Å². The van der Waals surface area contributed by atoms with Crippen LogP contribution in [0.15, 0.2) is 54.5 Å². The van der Waals surface area contributed by atoms with Gasteiger partial charge in [-0.1, -0.05) is 18.2 Å². The monoisotopic (exact) mass is 448 g/mol. The van der Waals surface area contributed by atoms with E-state index in [1.165, 1.54) is 11.1 Å². The van der Waals surface area contributed by atoms with Crippen molar-refractivity contribution in [1.29, 1.82) is 5.41 Å². The molecule has 3 heterocycles. The third kappa shape index (κ3) is 4.35. The summed E-state index contributed by atoms with van der Waals surface area (Å²) in [5.74, 6) is 0. The highest BCUT2D eigenvalue weighted by Crippen LogP contribution is 2.37. The lowest BCUT2D eigenvalue weighted by Crippen LogP contribution is -2.29. The molecule has 0 unspecified atom stereocenters. The summed E-state index contributed by atoms with van der Waals surface area (Å²) in [4.78, 5) is 12.7. The van der Waals surface area contributed by atoms with Crippen molar-refractivity contribution in [3.63, 3.8) is 0 Å². The molecule has 0 bridgehead atoms. The Kier molecular flexibility index (Phi) is 5.83. The fourth-order valence-corrected chi connectivity index (χ4v) is 4.62. The van der Waals surface area contributed by atoms with E-state index in [2.05, 4.69) is 32.6 Å². The molecule has 1 saturated heterocycles. The number of fused-ring (bicyclic) bond motifs is 2. The van der Waals surface area contributed by atoms with E-state index in [4.69, 9.17) is 10.1 Å². The third-order valence-electron chi connectivity index (χ3n) is 5.64. The summed E-state index contributed by atoms with van der Waals surface area (Å²) in [6.45, 7) is 1.84. The average molecular weight is 449 g/mol. The maximum atomic E-state index is 12.7. The van der Waals surface area contributed by atoms with E-state index in [1.807, 2.05) is 28.9 Å². The molecule has 1 aliphatic carbocycles. The maximum Gasteiger partial charge on any atom is 0.329 e. The van der Waals surface area contributed by atoms with Gasteiger partial charge in [0.2, 0.25) is 0 Å². The van der Waals surface area contributed by atoms with Crippen molar-refractivity contribution in [2.75, 3.05) is 25.1 Å². The highest BCUT2D eigenvalue weighted by atomic mass is 32.2. The molecule has 8 nitrogen and oxygen atoms in total. The van der Waals surface area contributed by atoms with Crippen LogP contribution in [-0.4, -0.2) is 40.4 Å². The van der Waals surface area contributed by atoms with Gasteiger partial charge in [-0.15, -0.1) is 0 Å². The molecule has 2 amide bonds. The van der Waals surface area contributed by atoms with Gasteiger partial charge in [0.1, 0.15) is 5.04 Å². The Morgan fingerprint density at radius 1 is 1.25 bits per heavy atom. The van der Waals surface area contributed by atoms with E-state index in [0.29, 0.717) is 13.2 Å². The number of carbonyl (C=O) groups excluding carboxylic acids is 1. The number of nitrogens with one attached hydrogen (secondary N) is 4. The number of benzene rings is 1. The molecule has 1 aromatic carbocycles. The van der Waals surface area contributed by atoms with Crippen LogP contribution in [0.3, 0.4) is 0 Å². The van der Waals surface area contributed by atoms with Gasteiger partial charge in [-0.3, -0.25) is 10.1 Å². The largest absolute Gasteiger partial charge is 0.384 e. The van der Waals surface area contributed by atoms with Gasteiger partial charge in [-0.2, -0.15) is 5.10 Å². The van der Waals surface area contributed by atoms with E-state index in [0.717, 1.165) is 65.8 Å². The molecule has 0 saturated carbocycles.